The fourth-order valence-electron chi connectivity index (χ4n) is 4.33. The summed E-state index contributed by atoms with van der Waals surface area (Å²) in [6, 6.07) is 23.8. The Kier molecular flexibility index (Phi) is 5.61. The van der Waals surface area contributed by atoms with Crippen molar-refractivity contribution in [3.05, 3.63) is 101 Å². The fourth-order valence-corrected chi connectivity index (χ4v) is 4.33. The number of carbonyl (C=O) groups excluding carboxylic acids is 1. The van der Waals surface area contributed by atoms with Crippen LogP contribution < -0.4 is 4.90 Å². The van der Waals surface area contributed by atoms with Crippen LogP contribution in [-0.2, 0) is 11.3 Å². The van der Waals surface area contributed by atoms with Gasteiger partial charge in [-0.15, -0.1) is 0 Å². The number of hydrogen-bond donors (Lipinski definition) is 1. The lowest BCUT2D eigenvalue weighted by molar-refractivity contribution is -0.113. The number of nitriles is 1. The van der Waals surface area contributed by atoms with Gasteiger partial charge in [-0.1, -0.05) is 63.2 Å². The third kappa shape index (κ3) is 4.16. The molecule has 5 nitrogen and oxygen atoms in total. The molecule has 5 heteroatoms. The summed E-state index contributed by atoms with van der Waals surface area (Å²) in [7, 11) is 0. The highest BCUT2D eigenvalue weighted by atomic mass is 16.4. The van der Waals surface area contributed by atoms with Crippen molar-refractivity contribution in [2.75, 3.05) is 4.90 Å². The molecular formula is C28H24N2O3. The number of benzene rings is 3. The number of nitrogens with zero attached hydrogens (tertiary/aromatic N) is 2. The zero-order chi connectivity index (χ0) is 23.8. The van der Waals surface area contributed by atoms with Crippen molar-refractivity contribution < 1.29 is 14.7 Å². The molecule has 3 aromatic carbocycles. The van der Waals surface area contributed by atoms with Gasteiger partial charge in [0.2, 0.25) is 0 Å². The molecule has 0 bridgehead atoms. The van der Waals surface area contributed by atoms with Gasteiger partial charge in [0.1, 0.15) is 0 Å². The Morgan fingerprint density at radius 3 is 2.30 bits per heavy atom. The molecule has 0 unspecified atom stereocenters. The summed E-state index contributed by atoms with van der Waals surface area (Å²) >= 11 is 0. The third-order valence-electron chi connectivity index (χ3n) is 5.74. The normalized spacial score (nSPS) is 14.6. The molecular weight excluding hydrogens is 412 g/mol. The van der Waals surface area contributed by atoms with Crippen molar-refractivity contribution in [2.24, 2.45) is 5.41 Å². The molecule has 0 aromatic heterocycles. The van der Waals surface area contributed by atoms with Gasteiger partial charge in [0.05, 0.1) is 35.0 Å². The summed E-state index contributed by atoms with van der Waals surface area (Å²) in [6.07, 6.45) is 0. The van der Waals surface area contributed by atoms with E-state index in [1.54, 1.807) is 35.2 Å². The van der Waals surface area contributed by atoms with Crippen molar-refractivity contribution >= 4 is 28.7 Å². The van der Waals surface area contributed by atoms with Crippen LogP contribution in [-0.4, -0.2) is 17.0 Å². The number of hydrogen-bond acceptors (Lipinski definition) is 3. The molecule has 1 aliphatic heterocycles. The standard InChI is InChI=1S/C28H24N2O3/c1-28(2,3)25(20-13-11-18(16-29)12-14-20)24-22-9-4-5-10-23(22)30(26(24)31)17-19-7-6-8-21(15-19)27(32)33/h4-15H,17H2,1-3H3,(H,32,33)/b25-24-. The second-order valence-electron chi connectivity index (χ2n) is 9.10. The van der Waals surface area contributed by atoms with Crippen LogP contribution in [0, 0.1) is 16.7 Å². The van der Waals surface area contributed by atoms with Gasteiger partial charge in [0.15, 0.2) is 0 Å². The lowest BCUT2D eigenvalue weighted by Gasteiger charge is -2.26. The molecule has 33 heavy (non-hydrogen) atoms. The van der Waals surface area contributed by atoms with Crippen molar-refractivity contribution in [1.82, 2.24) is 0 Å². The Balaban J connectivity index is 1.87. The van der Waals surface area contributed by atoms with Crippen LogP contribution in [0.1, 0.15) is 53.4 Å². The molecule has 0 atom stereocenters. The first kappa shape index (κ1) is 22.0. The summed E-state index contributed by atoms with van der Waals surface area (Å²) < 4.78 is 0. The van der Waals surface area contributed by atoms with E-state index in [-0.39, 0.29) is 23.4 Å². The van der Waals surface area contributed by atoms with Crippen LogP contribution in [0.25, 0.3) is 11.1 Å². The van der Waals surface area contributed by atoms with Crippen LogP contribution in [0.3, 0.4) is 0 Å². The molecule has 1 N–H and O–H groups in total. The Hall–Kier alpha value is -4.17. The maximum absolute atomic E-state index is 13.9. The quantitative estimate of drug-likeness (QED) is 0.527. The van der Waals surface area contributed by atoms with Gasteiger partial charge in [0, 0.05) is 5.56 Å². The van der Waals surface area contributed by atoms with Gasteiger partial charge in [-0.25, -0.2) is 4.79 Å². The first-order valence-electron chi connectivity index (χ1n) is 10.7. The molecule has 1 amide bonds. The minimum Gasteiger partial charge on any atom is -0.478 e. The first-order chi connectivity index (χ1) is 15.7. The number of fused-ring (bicyclic) bond motifs is 1. The van der Waals surface area contributed by atoms with E-state index < -0.39 is 5.97 Å². The molecule has 1 heterocycles. The molecule has 1 aliphatic rings. The smallest absolute Gasteiger partial charge is 0.335 e. The lowest BCUT2D eigenvalue weighted by Crippen LogP contribution is -2.27. The Bertz CT molecular complexity index is 1320. The molecule has 4 rings (SSSR count). The highest BCUT2D eigenvalue weighted by Crippen LogP contribution is 2.47. The largest absolute Gasteiger partial charge is 0.478 e. The zero-order valence-corrected chi connectivity index (χ0v) is 18.8. The Labute approximate surface area is 193 Å². The number of aromatic carboxylic acids is 1. The topological polar surface area (TPSA) is 81.4 Å². The van der Waals surface area contributed by atoms with E-state index in [4.69, 9.17) is 0 Å². The molecule has 0 saturated heterocycles. The van der Waals surface area contributed by atoms with Crippen molar-refractivity contribution in [3.8, 4) is 6.07 Å². The average Bonchev–Trinajstić information content (AvgIpc) is 3.05. The van der Waals surface area contributed by atoms with Gasteiger partial charge in [-0.2, -0.15) is 5.26 Å². The number of carbonyl (C=O) groups is 2. The van der Waals surface area contributed by atoms with Crippen molar-refractivity contribution in [1.29, 1.82) is 5.26 Å². The molecule has 0 saturated carbocycles. The van der Waals surface area contributed by atoms with Gasteiger partial charge >= 0.3 is 5.97 Å². The van der Waals surface area contributed by atoms with Gasteiger partial charge < -0.3 is 10.0 Å². The van der Waals surface area contributed by atoms with E-state index in [1.165, 1.54) is 0 Å². The summed E-state index contributed by atoms with van der Waals surface area (Å²) in [4.78, 5) is 27.0. The number of allylic oxidation sites excluding steroid dienone is 1. The zero-order valence-electron chi connectivity index (χ0n) is 18.8. The first-order valence-corrected chi connectivity index (χ1v) is 10.7. The summed E-state index contributed by atoms with van der Waals surface area (Å²) in [6.45, 7) is 6.48. The van der Waals surface area contributed by atoms with Crippen LogP contribution in [0.2, 0.25) is 0 Å². The minimum atomic E-state index is -0.999. The number of rotatable bonds is 4. The summed E-state index contributed by atoms with van der Waals surface area (Å²) in [5.41, 5.74) is 5.25. The number of carboxylic acids is 1. The van der Waals surface area contributed by atoms with Crippen LogP contribution in [0.15, 0.2) is 72.8 Å². The van der Waals surface area contributed by atoms with Crippen molar-refractivity contribution in [3.63, 3.8) is 0 Å². The molecule has 0 fully saturated rings. The average molecular weight is 437 g/mol. The second-order valence-corrected chi connectivity index (χ2v) is 9.10. The molecule has 3 aromatic rings. The van der Waals surface area contributed by atoms with E-state index in [1.807, 2.05) is 42.5 Å². The highest BCUT2D eigenvalue weighted by molar-refractivity contribution is 6.37. The summed E-state index contributed by atoms with van der Waals surface area (Å²) in [5, 5.41) is 18.5. The third-order valence-corrected chi connectivity index (χ3v) is 5.74. The van der Waals surface area contributed by atoms with E-state index in [9.17, 15) is 20.0 Å². The number of anilines is 1. The molecule has 0 spiro atoms. The maximum atomic E-state index is 13.9. The molecule has 0 aliphatic carbocycles. The number of carboxylic acid groups (broad SMARTS) is 1. The number of para-hydroxylation sites is 1. The fraction of sp³-hybridized carbons (Fsp3) is 0.179. The van der Waals surface area contributed by atoms with Crippen LogP contribution >= 0.6 is 0 Å². The van der Waals surface area contributed by atoms with Gasteiger partial charge in [0.25, 0.3) is 5.91 Å². The van der Waals surface area contributed by atoms with Crippen LogP contribution in [0.4, 0.5) is 5.69 Å². The molecule has 164 valence electrons. The van der Waals surface area contributed by atoms with E-state index in [0.717, 1.165) is 28.0 Å². The highest BCUT2D eigenvalue weighted by Gasteiger charge is 2.37. The SMILES string of the molecule is CC(C)(C)/C(=C1\C(=O)N(Cc2cccc(C(=O)O)c2)c2ccccc21)c1ccc(C#N)cc1. The predicted octanol–water partition coefficient (Wildman–Crippen LogP) is 5.76. The second kappa shape index (κ2) is 8.40. The monoisotopic (exact) mass is 436 g/mol. The van der Waals surface area contributed by atoms with Crippen LogP contribution in [0.5, 0.6) is 0 Å². The predicted molar refractivity (Wildman–Crippen MR) is 128 cm³/mol. The summed E-state index contributed by atoms with van der Waals surface area (Å²) in [5.74, 6) is -1.12. The van der Waals surface area contributed by atoms with E-state index in [2.05, 4.69) is 26.8 Å². The lowest BCUT2D eigenvalue weighted by atomic mass is 9.77. The Morgan fingerprint density at radius 1 is 0.970 bits per heavy atom. The van der Waals surface area contributed by atoms with E-state index in [0.29, 0.717) is 11.1 Å². The minimum absolute atomic E-state index is 0.119. The van der Waals surface area contributed by atoms with E-state index >= 15 is 0 Å². The van der Waals surface area contributed by atoms with Crippen molar-refractivity contribution in [2.45, 2.75) is 27.3 Å². The van der Waals surface area contributed by atoms with Gasteiger partial charge in [-0.05, 0) is 52.4 Å². The maximum Gasteiger partial charge on any atom is 0.335 e. The number of amides is 1. The Morgan fingerprint density at radius 2 is 1.67 bits per heavy atom. The molecule has 0 radical (unpaired) electrons. The van der Waals surface area contributed by atoms with Gasteiger partial charge in [-0.3, -0.25) is 4.79 Å².